The van der Waals surface area contributed by atoms with Crippen LogP contribution in [0.25, 0.3) is 0 Å². The minimum Gasteiger partial charge on any atom is -0.206 e. The van der Waals surface area contributed by atoms with Crippen molar-refractivity contribution < 1.29 is 8.78 Å². The molecular formula is C13H24F2. The molecule has 0 aromatic carbocycles. The van der Waals surface area contributed by atoms with E-state index in [1.165, 1.54) is 0 Å². The quantitative estimate of drug-likeness (QED) is 0.635. The molecule has 1 aliphatic carbocycles. The summed E-state index contributed by atoms with van der Waals surface area (Å²) in [5.41, 5.74) is 0. The van der Waals surface area contributed by atoms with Gasteiger partial charge in [-0.2, -0.15) is 0 Å². The molecule has 0 bridgehead atoms. The molecule has 15 heavy (non-hydrogen) atoms. The third kappa shape index (κ3) is 2.05. The second-order valence-corrected chi connectivity index (χ2v) is 5.42. The van der Waals surface area contributed by atoms with E-state index in [0.717, 1.165) is 12.8 Å². The fourth-order valence-electron chi connectivity index (χ4n) is 3.20. The van der Waals surface area contributed by atoms with Gasteiger partial charge in [-0.25, -0.2) is 8.78 Å². The first-order chi connectivity index (χ1) is 6.84. The summed E-state index contributed by atoms with van der Waals surface area (Å²) in [7, 11) is 0. The zero-order chi connectivity index (χ0) is 11.8. The first kappa shape index (κ1) is 12.9. The van der Waals surface area contributed by atoms with E-state index in [2.05, 4.69) is 13.8 Å². The molecule has 1 saturated carbocycles. The second kappa shape index (κ2) is 4.39. The van der Waals surface area contributed by atoms with Crippen molar-refractivity contribution in [2.45, 2.75) is 53.4 Å². The van der Waals surface area contributed by atoms with E-state index in [9.17, 15) is 8.78 Å². The molecule has 0 heterocycles. The topological polar surface area (TPSA) is 0 Å². The molecule has 0 N–H and O–H groups in total. The molecule has 0 nitrogen and oxygen atoms in total. The molecule has 90 valence electrons. The van der Waals surface area contributed by atoms with Crippen LogP contribution >= 0.6 is 0 Å². The zero-order valence-electron chi connectivity index (χ0n) is 10.6. The van der Waals surface area contributed by atoms with Crippen molar-refractivity contribution >= 4 is 0 Å². The first-order valence-corrected chi connectivity index (χ1v) is 6.21. The molecule has 0 radical (unpaired) electrons. The summed E-state index contributed by atoms with van der Waals surface area (Å²) in [5.74, 6) is -2.67. The minimum atomic E-state index is -2.48. The fraction of sp³-hybridized carbons (Fsp3) is 1.00. The van der Waals surface area contributed by atoms with Crippen LogP contribution in [-0.2, 0) is 0 Å². The minimum absolute atomic E-state index is 0.132. The lowest BCUT2D eigenvalue weighted by atomic mass is 9.61. The normalized spacial score (nSPS) is 45.4. The SMILES string of the molecule is CCCC1C(C)C(C)C(C)C(F)(F)C1C. The first-order valence-electron chi connectivity index (χ1n) is 6.21. The van der Waals surface area contributed by atoms with E-state index in [1.807, 2.05) is 6.92 Å². The number of rotatable bonds is 2. The smallest absolute Gasteiger partial charge is 0.206 e. The van der Waals surface area contributed by atoms with Gasteiger partial charge in [-0.3, -0.25) is 0 Å². The van der Waals surface area contributed by atoms with Crippen molar-refractivity contribution in [1.29, 1.82) is 0 Å². The monoisotopic (exact) mass is 218 g/mol. The highest BCUT2D eigenvalue weighted by atomic mass is 19.3. The fourth-order valence-corrected chi connectivity index (χ4v) is 3.20. The van der Waals surface area contributed by atoms with E-state index in [0.29, 0.717) is 5.92 Å². The van der Waals surface area contributed by atoms with Crippen molar-refractivity contribution in [2.24, 2.45) is 29.6 Å². The molecule has 0 saturated heterocycles. The molecule has 0 aromatic rings. The summed E-state index contributed by atoms with van der Waals surface area (Å²) in [6, 6.07) is 0. The number of alkyl halides is 2. The maximum atomic E-state index is 14.0. The Balaban J connectivity index is 2.91. The van der Waals surface area contributed by atoms with Crippen molar-refractivity contribution in [1.82, 2.24) is 0 Å². The Hall–Kier alpha value is -0.140. The van der Waals surface area contributed by atoms with Crippen molar-refractivity contribution in [3.05, 3.63) is 0 Å². The number of hydrogen-bond donors (Lipinski definition) is 0. The Kier molecular flexibility index (Phi) is 3.78. The molecule has 5 unspecified atom stereocenters. The second-order valence-electron chi connectivity index (χ2n) is 5.42. The largest absolute Gasteiger partial charge is 0.253 e. The molecule has 1 rings (SSSR count). The number of hydrogen-bond acceptors (Lipinski definition) is 0. The van der Waals surface area contributed by atoms with Crippen LogP contribution in [0.15, 0.2) is 0 Å². The van der Waals surface area contributed by atoms with Crippen LogP contribution in [0.4, 0.5) is 8.78 Å². The maximum absolute atomic E-state index is 14.0. The van der Waals surface area contributed by atoms with E-state index >= 15 is 0 Å². The van der Waals surface area contributed by atoms with Crippen LogP contribution in [0, 0.1) is 29.6 Å². The van der Waals surface area contributed by atoms with Gasteiger partial charge in [0.25, 0.3) is 5.92 Å². The van der Waals surface area contributed by atoms with Gasteiger partial charge >= 0.3 is 0 Å². The summed E-state index contributed by atoms with van der Waals surface area (Å²) < 4.78 is 28.0. The molecule has 0 aliphatic heterocycles. The molecule has 1 aliphatic rings. The Bertz CT molecular complexity index is 213. The summed E-state index contributed by atoms with van der Waals surface area (Å²) in [4.78, 5) is 0. The van der Waals surface area contributed by atoms with Crippen LogP contribution in [0.5, 0.6) is 0 Å². The van der Waals surface area contributed by atoms with Gasteiger partial charge < -0.3 is 0 Å². The maximum Gasteiger partial charge on any atom is 0.253 e. The predicted molar refractivity (Wildman–Crippen MR) is 60.0 cm³/mol. The van der Waals surface area contributed by atoms with Gasteiger partial charge in [0.05, 0.1) is 0 Å². The molecule has 2 heteroatoms. The van der Waals surface area contributed by atoms with Crippen molar-refractivity contribution in [3.63, 3.8) is 0 Å². The zero-order valence-corrected chi connectivity index (χ0v) is 10.6. The standard InChI is InChI=1S/C13H24F2/c1-6-7-12-9(3)8(2)10(4)13(14,15)11(12)5/h8-12H,6-7H2,1-5H3. The van der Waals surface area contributed by atoms with E-state index in [1.54, 1.807) is 13.8 Å². The lowest BCUT2D eigenvalue weighted by molar-refractivity contribution is -0.177. The van der Waals surface area contributed by atoms with Crippen LogP contribution in [0.3, 0.4) is 0 Å². The Labute approximate surface area is 92.4 Å². The lowest BCUT2D eigenvalue weighted by Gasteiger charge is -2.48. The highest BCUT2D eigenvalue weighted by Gasteiger charge is 2.54. The average molecular weight is 218 g/mol. The van der Waals surface area contributed by atoms with Crippen LogP contribution < -0.4 is 0 Å². The number of halogens is 2. The highest BCUT2D eigenvalue weighted by molar-refractivity contribution is 4.95. The van der Waals surface area contributed by atoms with E-state index in [4.69, 9.17) is 0 Å². The van der Waals surface area contributed by atoms with Gasteiger partial charge in [-0.05, 0) is 24.2 Å². The van der Waals surface area contributed by atoms with Gasteiger partial charge in [-0.1, -0.05) is 41.0 Å². The van der Waals surface area contributed by atoms with Gasteiger partial charge in [0.2, 0.25) is 0 Å². The molecule has 0 aromatic heterocycles. The third-order valence-corrected chi connectivity index (χ3v) is 4.77. The van der Waals surface area contributed by atoms with Gasteiger partial charge in [0, 0.05) is 11.8 Å². The van der Waals surface area contributed by atoms with Crippen LogP contribution in [0.1, 0.15) is 47.5 Å². The Morgan fingerprint density at radius 1 is 0.933 bits per heavy atom. The highest BCUT2D eigenvalue weighted by Crippen LogP contribution is 2.52. The predicted octanol–water partition coefficient (Wildman–Crippen LogP) is 4.60. The molecule has 1 fully saturated rings. The van der Waals surface area contributed by atoms with E-state index < -0.39 is 17.8 Å². The average Bonchev–Trinajstić information content (AvgIpc) is 2.20. The Morgan fingerprint density at radius 2 is 1.47 bits per heavy atom. The van der Waals surface area contributed by atoms with Crippen molar-refractivity contribution in [3.8, 4) is 0 Å². The van der Waals surface area contributed by atoms with E-state index in [-0.39, 0.29) is 11.8 Å². The summed E-state index contributed by atoms with van der Waals surface area (Å²) in [5, 5.41) is 0. The Morgan fingerprint density at radius 3 is 1.93 bits per heavy atom. The van der Waals surface area contributed by atoms with Gasteiger partial charge in [0.15, 0.2) is 0 Å². The summed E-state index contributed by atoms with van der Waals surface area (Å²) in [6.45, 7) is 9.66. The molecule has 0 spiro atoms. The van der Waals surface area contributed by atoms with Gasteiger partial charge in [-0.15, -0.1) is 0 Å². The molecule has 0 amide bonds. The van der Waals surface area contributed by atoms with Crippen LogP contribution in [-0.4, -0.2) is 5.92 Å². The van der Waals surface area contributed by atoms with Crippen LogP contribution in [0.2, 0.25) is 0 Å². The summed E-state index contributed by atoms with van der Waals surface area (Å²) >= 11 is 0. The third-order valence-electron chi connectivity index (χ3n) is 4.77. The molecule has 5 atom stereocenters. The molecular weight excluding hydrogens is 194 g/mol. The van der Waals surface area contributed by atoms with Gasteiger partial charge in [0.1, 0.15) is 0 Å². The summed E-state index contributed by atoms with van der Waals surface area (Å²) in [6.07, 6.45) is 1.95. The lowest BCUT2D eigenvalue weighted by Crippen LogP contribution is -2.50. The van der Waals surface area contributed by atoms with Crippen molar-refractivity contribution in [2.75, 3.05) is 0 Å².